The normalized spacial score (nSPS) is 25.9. The summed E-state index contributed by atoms with van der Waals surface area (Å²) >= 11 is 3.65. The summed E-state index contributed by atoms with van der Waals surface area (Å²) in [7, 11) is 2.29. The van der Waals surface area contributed by atoms with E-state index in [1.165, 1.54) is 54.2 Å². The molecule has 0 aliphatic heterocycles. The molecule has 0 heterocycles. The molecule has 2 aliphatic rings. The van der Waals surface area contributed by atoms with Crippen molar-refractivity contribution >= 4 is 21.6 Å². The molecule has 2 fully saturated rings. The van der Waals surface area contributed by atoms with E-state index in [1.807, 2.05) is 0 Å². The van der Waals surface area contributed by atoms with E-state index in [1.54, 1.807) is 0 Å². The highest BCUT2D eigenvalue weighted by atomic mass is 79.9. The third kappa shape index (κ3) is 3.81. The molecule has 1 aromatic rings. The summed E-state index contributed by atoms with van der Waals surface area (Å²) in [5.74, 6) is 0.798. The summed E-state index contributed by atoms with van der Waals surface area (Å²) in [6, 6.07) is 8.20. The standard InChI is InChI=1S/C18H27BrN2/c1-13-5-3-4-6-17(13)21(2)18-11-15(19)8-7-14(18)12-20-16-9-10-16/h7-8,11,13,16-17,20H,3-6,9-10,12H2,1-2H3. The zero-order chi connectivity index (χ0) is 14.8. The van der Waals surface area contributed by atoms with Gasteiger partial charge >= 0.3 is 0 Å². The van der Waals surface area contributed by atoms with Crippen molar-refractivity contribution in [2.45, 2.75) is 64.1 Å². The van der Waals surface area contributed by atoms with E-state index in [4.69, 9.17) is 0 Å². The highest BCUT2D eigenvalue weighted by Crippen LogP contribution is 2.33. The summed E-state index contributed by atoms with van der Waals surface area (Å²) in [4.78, 5) is 2.54. The zero-order valence-electron chi connectivity index (χ0n) is 13.2. The van der Waals surface area contributed by atoms with Crippen LogP contribution in [0, 0.1) is 5.92 Å². The number of halogens is 1. The molecule has 0 saturated heterocycles. The van der Waals surface area contributed by atoms with E-state index >= 15 is 0 Å². The van der Waals surface area contributed by atoms with Crippen LogP contribution in [-0.2, 0) is 6.54 Å². The van der Waals surface area contributed by atoms with Crippen molar-refractivity contribution < 1.29 is 0 Å². The molecule has 1 aromatic carbocycles. The van der Waals surface area contributed by atoms with Gasteiger partial charge in [0.2, 0.25) is 0 Å². The Morgan fingerprint density at radius 3 is 2.67 bits per heavy atom. The van der Waals surface area contributed by atoms with Crippen LogP contribution in [0.15, 0.2) is 22.7 Å². The molecular weight excluding hydrogens is 324 g/mol. The Morgan fingerprint density at radius 1 is 1.19 bits per heavy atom. The van der Waals surface area contributed by atoms with E-state index < -0.39 is 0 Å². The number of hydrogen-bond acceptors (Lipinski definition) is 2. The predicted octanol–water partition coefficient (Wildman–Crippen LogP) is 4.72. The van der Waals surface area contributed by atoms with Gasteiger partial charge in [-0.05, 0) is 49.3 Å². The minimum Gasteiger partial charge on any atom is -0.371 e. The fraction of sp³-hybridized carbons (Fsp3) is 0.667. The molecule has 2 aliphatic carbocycles. The van der Waals surface area contributed by atoms with Gasteiger partial charge in [0, 0.05) is 35.8 Å². The quantitative estimate of drug-likeness (QED) is 0.826. The number of benzene rings is 1. The summed E-state index contributed by atoms with van der Waals surface area (Å²) in [6.07, 6.45) is 8.18. The van der Waals surface area contributed by atoms with Gasteiger partial charge in [0.25, 0.3) is 0 Å². The average Bonchev–Trinajstić information content (AvgIpc) is 3.30. The molecule has 0 aromatic heterocycles. The zero-order valence-corrected chi connectivity index (χ0v) is 14.8. The molecule has 0 bridgehead atoms. The fourth-order valence-electron chi connectivity index (χ4n) is 3.61. The minimum absolute atomic E-state index is 0.688. The van der Waals surface area contributed by atoms with Crippen LogP contribution in [0.1, 0.15) is 51.0 Å². The first-order valence-electron chi connectivity index (χ1n) is 8.40. The highest BCUT2D eigenvalue weighted by molar-refractivity contribution is 9.10. The van der Waals surface area contributed by atoms with Crippen LogP contribution in [0.2, 0.25) is 0 Å². The van der Waals surface area contributed by atoms with Crippen molar-refractivity contribution in [3.8, 4) is 0 Å². The largest absolute Gasteiger partial charge is 0.371 e. The highest BCUT2D eigenvalue weighted by Gasteiger charge is 2.27. The maximum absolute atomic E-state index is 3.66. The van der Waals surface area contributed by atoms with Crippen LogP contribution < -0.4 is 10.2 Å². The first-order chi connectivity index (χ1) is 10.1. The number of hydrogen-bond donors (Lipinski definition) is 1. The van der Waals surface area contributed by atoms with E-state index in [9.17, 15) is 0 Å². The number of nitrogens with one attached hydrogen (secondary N) is 1. The molecule has 3 rings (SSSR count). The smallest absolute Gasteiger partial charge is 0.0423 e. The Hall–Kier alpha value is -0.540. The van der Waals surface area contributed by atoms with E-state index in [0.717, 1.165) is 18.5 Å². The van der Waals surface area contributed by atoms with E-state index in [-0.39, 0.29) is 0 Å². The molecule has 0 spiro atoms. The second-order valence-corrected chi connectivity index (χ2v) is 7.78. The Bertz CT molecular complexity index is 484. The van der Waals surface area contributed by atoms with Crippen molar-refractivity contribution in [3.05, 3.63) is 28.2 Å². The van der Waals surface area contributed by atoms with Crippen LogP contribution in [-0.4, -0.2) is 19.1 Å². The molecule has 0 radical (unpaired) electrons. The van der Waals surface area contributed by atoms with Gasteiger partial charge in [-0.3, -0.25) is 0 Å². The average molecular weight is 351 g/mol. The SMILES string of the molecule is CC1CCCCC1N(C)c1cc(Br)ccc1CNC1CC1. The van der Waals surface area contributed by atoms with E-state index in [2.05, 4.69) is 58.3 Å². The summed E-state index contributed by atoms with van der Waals surface area (Å²) in [6.45, 7) is 3.42. The van der Waals surface area contributed by atoms with Crippen molar-refractivity contribution in [2.24, 2.45) is 5.92 Å². The maximum Gasteiger partial charge on any atom is 0.0423 e. The van der Waals surface area contributed by atoms with Crippen molar-refractivity contribution in [3.63, 3.8) is 0 Å². The van der Waals surface area contributed by atoms with Gasteiger partial charge in [-0.15, -0.1) is 0 Å². The lowest BCUT2D eigenvalue weighted by molar-refractivity contribution is 0.321. The Morgan fingerprint density at radius 2 is 1.95 bits per heavy atom. The lowest BCUT2D eigenvalue weighted by Gasteiger charge is -2.38. The molecule has 21 heavy (non-hydrogen) atoms. The Labute approximate surface area is 137 Å². The van der Waals surface area contributed by atoms with Crippen LogP contribution >= 0.6 is 15.9 Å². The molecule has 2 unspecified atom stereocenters. The van der Waals surface area contributed by atoms with Gasteiger partial charge in [0.1, 0.15) is 0 Å². The molecule has 1 N–H and O–H groups in total. The van der Waals surface area contributed by atoms with Gasteiger partial charge in [0.05, 0.1) is 0 Å². The van der Waals surface area contributed by atoms with Crippen molar-refractivity contribution in [1.82, 2.24) is 5.32 Å². The topological polar surface area (TPSA) is 15.3 Å². The van der Waals surface area contributed by atoms with Crippen molar-refractivity contribution in [1.29, 1.82) is 0 Å². The summed E-state index contributed by atoms with van der Waals surface area (Å²) in [5, 5.41) is 3.66. The van der Waals surface area contributed by atoms with E-state index in [0.29, 0.717) is 6.04 Å². The number of anilines is 1. The third-order valence-electron chi connectivity index (χ3n) is 5.15. The second-order valence-electron chi connectivity index (χ2n) is 6.87. The van der Waals surface area contributed by atoms with Crippen LogP contribution in [0.4, 0.5) is 5.69 Å². The van der Waals surface area contributed by atoms with Gasteiger partial charge in [-0.2, -0.15) is 0 Å². The summed E-state index contributed by atoms with van der Waals surface area (Å²) in [5.41, 5.74) is 2.83. The first-order valence-corrected chi connectivity index (χ1v) is 9.19. The third-order valence-corrected chi connectivity index (χ3v) is 5.64. The minimum atomic E-state index is 0.688. The monoisotopic (exact) mass is 350 g/mol. The van der Waals surface area contributed by atoms with Gasteiger partial charge in [-0.25, -0.2) is 0 Å². The molecule has 3 heteroatoms. The molecule has 2 atom stereocenters. The molecule has 2 nitrogen and oxygen atoms in total. The lowest BCUT2D eigenvalue weighted by Crippen LogP contribution is -2.39. The van der Waals surface area contributed by atoms with Crippen molar-refractivity contribution in [2.75, 3.05) is 11.9 Å². The van der Waals surface area contributed by atoms with Crippen LogP contribution in [0.5, 0.6) is 0 Å². The summed E-state index contributed by atoms with van der Waals surface area (Å²) < 4.78 is 1.18. The number of rotatable bonds is 5. The first kappa shape index (κ1) is 15.4. The second kappa shape index (κ2) is 6.70. The maximum atomic E-state index is 3.66. The fourth-order valence-corrected chi connectivity index (χ4v) is 3.96. The van der Waals surface area contributed by atoms with Gasteiger partial charge in [-0.1, -0.05) is 41.8 Å². The van der Waals surface area contributed by atoms with Crippen LogP contribution in [0.3, 0.4) is 0 Å². The van der Waals surface area contributed by atoms with Gasteiger partial charge in [0.15, 0.2) is 0 Å². The van der Waals surface area contributed by atoms with Crippen LogP contribution in [0.25, 0.3) is 0 Å². The number of nitrogens with zero attached hydrogens (tertiary/aromatic N) is 1. The molecule has 0 amide bonds. The molecule has 2 saturated carbocycles. The Balaban J connectivity index is 1.78. The Kier molecular flexibility index (Phi) is 4.90. The molecule has 116 valence electrons. The lowest BCUT2D eigenvalue weighted by atomic mass is 9.84. The predicted molar refractivity (Wildman–Crippen MR) is 93.8 cm³/mol. The van der Waals surface area contributed by atoms with Gasteiger partial charge < -0.3 is 10.2 Å². The molecular formula is C18H27BrN2.